The van der Waals surface area contributed by atoms with Gasteiger partial charge in [0.1, 0.15) is 11.5 Å². The lowest BCUT2D eigenvalue weighted by Crippen LogP contribution is -2.32. The summed E-state index contributed by atoms with van der Waals surface area (Å²) in [5.41, 5.74) is 0.929. The molecule has 0 atom stereocenters. The highest BCUT2D eigenvalue weighted by atomic mass is 32.2. The van der Waals surface area contributed by atoms with Gasteiger partial charge in [0.15, 0.2) is 5.11 Å². The summed E-state index contributed by atoms with van der Waals surface area (Å²) in [4.78, 5) is 12.0. The minimum Gasteiger partial charge on any atom is -0.497 e. The van der Waals surface area contributed by atoms with Crippen LogP contribution in [0.1, 0.15) is 5.76 Å². The monoisotopic (exact) mass is 457 g/mol. The maximum atomic E-state index is 12.5. The molecule has 3 N–H and O–H groups in total. The fourth-order valence-electron chi connectivity index (χ4n) is 2.45. The van der Waals surface area contributed by atoms with Crippen LogP contribution in [-0.4, -0.2) is 26.5 Å². The molecule has 0 saturated heterocycles. The third kappa shape index (κ3) is 6.43. The summed E-state index contributed by atoms with van der Waals surface area (Å²) in [6.45, 7) is 0. The van der Waals surface area contributed by atoms with Gasteiger partial charge in [0.05, 0.1) is 18.3 Å². The maximum Gasteiger partial charge on any atom is 0.261 e. The van der Waals surface area contributed by atoms with Crippen molar-refractivity contribution in [1.82, 2.24) is 5.32 Å². The zero-order chi connectivity index (χ0) is 22.3. The standard InChI is InChI=1S/C21H19N3O5S2/c1-28-17-8-4-16(5-9-17)24-31(26,27)19-11-6-15(7-12-19)22-21(30)23-20(25)13-10-18-3-2-14-29-18/h2-14,24H,1H3,(H2,22,23,25,30). The topological polar surface area (TPSA) is 110 Å². The van der Waals surface area contributed by atoms with E-state index in [2.05, 4.69) is 15.4 Å². The Labute approximate surface area is 185 Å². The van der Waals surface area contributed by atoms with Crippen molar-refractivity contribution in [2.45, 2.75) is 4.90 Å². The molecule has 1 aromatic heterocycles. The van der Waals surface area contributed by atoms with Gasteiger partial charge in [0.2, 0.25) is 5.91 Å². The van der Waals surface area contributed by atoms with Crippen molar-refractivity contribution in [1.29, 1.82) is 0 Å². The van der Waals surface area contributed by atoms with Crippen LogP contribution >= 0.6 is 12.2 Å². The van der Waals surface area contributed by atoms with Gasteiger partial charge in [0, 0.05) is 17.5 Å². The van der Waals surface area contributed by atoms with Crippen molar-refractivity contribution in [2.24, 2.45) is 0 Å². The Morgan fingerprint density at radius 1 is 1.03 bits per heavy atom. The van der Waals surface area contributed by atoms with Crippen LogP contribution in [0.4, 0.5) is 11.4 Å². The third-order valence-corrected chi connectivity index (χ3v) is 5.54. The van der Waals surface area contributed by atoms with E-state index in [9.17, 15) is 13.2 Å². The predicted molar refractivity (Wildman–Crippen MR) is 122 cm³/mol. The number of rotatable bonds is 7. The number of furan rings is 1. The summed E-state index contributed by atoms with van der Waals surface area (Å²) in [6, 6.07) is 15.9. The number of ether oxygens (including phenoxy) is 1. The smallest absolute Gasteiger partial charge is 0.261 e. The molecule has 0 spiro atoms. The molecule has 1 heterocycles. The Hall–Kier alpha value is -3.63. The molecule has 0 fully saturated rings. The minimum atomic E-state index is -3.77. The average molecular weight is 458 g/mol. The molecule has 2 aromatic carbocycles. The number of hydrogen-bond donors (Lipinski definition) is 3. The molecular formula is C21H19N3O5S2. The van der Waals surface area contributed by atoms with E-state index in [1.165, 1.54) is 37.7 Å². The molecule has 0 aliphatic rings. The summed E-state index contributed by atoms with van der Waals surface area (Å²) in [7, 11) is -2.23. The van der Waals surface area contributed by atoms with E-state index in [1.807, 2.05) is 0 Å². The molecule has 0 aliphatic carbocycles. The molecule has 3 rings (SSSR count). The zero-order valence-electron chi connectivity index (χ0n) is 16.4. The van der Waals surface area contributed by atoms with Crippen molar-refractivity contribution in [3.63, 3.8) is 0 Å². The molecule has 0 bridgehead atoms. The molecule has 8 nitrogen and oxygen atoms in total. The Bertz CT molecular complexity index is 1170. The largest absolute Gasteiger partial charge is 0.497 e. The molecular weight excluding hydrogens is 438 g/mol. The number of hydrogen-bond acceptors (Lipinski definition) is 6. The van der Waals surface area contributed by atoms with Crippen molar-refractivity contribution >= 4 is 50.7 Å². The number of carbonyl (C=O) groups excluding carboxylic acids is 1. The fourth-order valence-corrected chi connectivity index (χ4v) is 3.73. The number of sulfonamides is 1. The first kappa shape index (κ1) is 22.1. The quantitative estimate of drug-likeness (QED) is 0.367. The highest BCUT2D eigenvalue weighted by Crippen LogP contribution is 2.20. The van der Waals surface area contributed by atoms with Gasteiger partial charge in [-0.1, -0.05) is 0 Å². The molecule has 0 saturated carbocycles. The zero-order valence-corrected chi connectivity index (χ0v) is 18.0. The van der Waals surface area contributed by atoms with Gasteiger partial charge in [-0.2, -0.15) is 0 Å². The second-order valence-corrected chi connectivity index (χ2v) is 8.24. The minimum absolute atomic E-state index is 0.0704. The molecule has 1 amide bonds. The second kappa shape index (κ2) is 9.92. The van der Waals surface area contributed by atoms with Gasteiger partial charge in [-0.3, -0.25) is 14.8 Å². The van der Waals surface area contributed by atoms with E-state index in [1.54, 1.807) is 48.5 Å². The summed E-state index contributed by atoms with van der Waals surface area (Å²) < 4.78 is 37.7. The van der Waals surface area contributed by atoms with Crippen LogP contribution in [0.2, 0.25) is 0 Å². The summed E-state index contributed by atoms with van der Waals surface area (Å²) in [6.07, 6.45) is 4.29. The summed E-state index contributed by atoms with van der Waals surface area (Å²) in [5.74, 6) is 0.726. The summed E-state index contributed by atoms with van der Waals surface area (Å²) in [5, 5.41) is 5.38. The Kier molecular flexibility index (Phi) is 7.06. The number of thiocarbonyl (C=S) groups is 1. The second-order valence-electron chi connectivity index (χ2n) is 6.15. The molecule has 10 heteroatoms. The number of anilines is 2. The lowest BCUT2D eigenvalue weighted by molar-refractivity contribution is -0.115. The predicted octanol–water partition coefficient (Wildman–Crippen LogP) is 3.62. The van der Waals surface area contributed by atoms with Gasteiger partial charge < -0.3 is 14.5 Å². The van der Waals surface area contributed by atoms with E-state index in [0.717, 1.165) is 0 Å². The Balaban J connectivity index is 1.57. The lowest BCUT2D eigenvalue weighted by atomic mass is 10.3. The van der Waals surface area contributed by atoms with Crippen LogP contribution in [0.5, 0.6) is 5.75 Å². The Morgan fingerprint density at radius 3 is 2.32 bits per heavy atom. The van der Waals surface area contributed by atoms with Crippen LogP contribution in [0, 0.1) is 0 Å². The number of nitrogens with one attached hydrogen (secondary N) is 3. The summed E-state index contributed by atoms with van der Waals surface area (Å²) >= 11 is 5.10. The van der Waals surface area contributed by atoms with E-state index in [-0.39, 0.29) is 10.0 Å². The Morgan fingerprint density at radius 2 is 1.71 bits per heavy atom. The van der Waals surface area contributed by atoms with Crippen molar-refractivity contribution < 1.29 is 22.4 Å². The van der Waals surface area contributed by atoms with Gasteiger partial charge in [-0.05, 0) is 79.0 Å². The van der Waals surface area contributed by atoms with Crippen molar-refractivity contribution in [3.05, 3.63) is 78.8 Å². The van der Waals surface area contributed by atoms with Gasteiger partial charge in [-0.25, -0.2) is 8.42 Å². The number of carbonyl (C=O) groups is 1. The molecule has 31 heavy (non-hydrogen) atoms. The first-order valence-electron chi connectivity index (χ1n) is 8.96. The van der Waals surface area contributed by atoms with Gasteiger partial charge in [-0.15, -0.1) is 0 Å². The highest BCUT2D eigenvalue weighted by Gasteiger charge is 2.14. The number of amides is 1. The highest BCUT2D eigenvalue weighted by molar-refractivity contribution is 7.92. The third-order valence-electron chi connectivity index (χ3n) is 3.94. The maximum absolute atomic E-state index is 12.5. The fraction of sp³-hybridized carbons (Fsp3) is 0.0476. The molecule has 0 radical (unpaired) electrons. The lowest BCUT2D eigenvalue weighted by Gasteiger charge is -2.11. The number of benzene rings is 2. The normalized spacial score (nSPS) is 11.1. The first-order chi connectivity index (χ1) is 14.9. The molecule has 3 aromatic rings. The van der Waals surface area contributed by atoms with Gasteiger partial charge in [0.25, 0.3) is 10.0 Å². The van der Waals surface area contributed by atoms with E-state index in [4.69, 9.17) is 21.4 Å². The first-order valence-corrected chi connectivity index (χ1v) is 10.9. The van der Waals surface area contributed by atoms with Crippen LogP contribution < -0.4 is 20.1 Å². The molecule has 0 unspecified atom stereocenters. The average Bonchev–Trinajstić information content (AvgIpc) is 3.26. The van der Waals surface area contributed by atoms with E-state index >= 15 is 0 Å². The SMILES string of the molecule is COc1ccc(NS(=O)(=O)c2ccc(NC(=S)NC(=O)C=Cc3ccco3)cc2)cc1. The van der Waals surface area contributed by atoms with Crippen LogP contribution in [0.3, 0.4) is 0 Å². The van der Waals surface area contributed by atoms with Crippen molar-refractivity contribution in [2.75, 3.05) is 17.1 Å². The molecule has 0 aliphatic heterocycles. The van der Waals surface area contributed by atoms with Gasteiger partial charge >= 0.3 is 0 Å². The van der Waals surface area contributed by atoms with E-state index < -0.39 is 15.9 Å². The molecule has 160 valence electrons. The van der Waals surface area contributed by atoms with Crippen LogP contribution in [0.25, 0.3) is 6.08 Å². The van der Waals surface area contributed by atoms with E-state index in [0.29, 0.717) is 22.9 Å². The van der Waals surface area contributed by atoms with Crippen molar-refractivity contribution in [3.8, 4) is 5.75 Å². The number of methoxy groups -OCH3 is 1. The van der Waals surface area contributed by atoms with Crippen LogP contribution in [-0.2, 0) is 14.8 Å². The van der Waals surface area contributed by atoms with Crippen LogP contribution in [0.15, 0.2) is 82.3 Å².